The summed E-state index contributed by atoms with van der Waals surface area (Å²) in [7, 11) is 0. The number of amides is 2. The summed E-state index contributed by atoms with van der Waals surface area (Å²) in [6.07, 6.45) is 3.68. The molecule has 160 valence electrons. The summed E-state index contributed by atoms with van der Waals surface area (Å²) in [6.45, 7) is 7.49. The van der Waals surface area contributed by atoms with Crippen LogP contribution in [0.4, 0.5) is 26.5 Å². The van der Waals surface area contributed by atoms with E-state index in [0.717, 1.165) is 18.2 Å². The van der Waals surface area contributed by atoms with Crippen LogP contribution in [0.5, 0.6) is 0 Å². The van der Waals surface area contributed by atoms with Crippen molar-refractivity contribution < 1.29 is 9.18 Å². The molecule has 0 spiro atoms. The fraction of sp³-hybridized carbons (Fsp3) is 0.500. The number of urea groups is 1. The van der Waals surface area contributed by atoms with Gasteiger partial charge < -0.3 is 20.0 Å². The number of aryl methyl sites for hydroxylation is 1. The zero-order chi connectivity index (χ0) is 21.1. The number of halogens is 1. The first-order valence-electron chi connectivity index (χ1n) is 10.7. The maximum atomic E-state index is 13.7. The SMILES string of the molecule is Cc1ccc(NC(=O)N2CCN(c3ccc(N4CCCCC4C)nn3)CC2)cc1F. The number of hydrogen-bond donors (Lipinski definition) is 1. The number of anilines is 3. The van der Waals surface area contributed by atoms with Gasteiger partial charge in [-0.3, -0.25) is 0 Å². The average Bonchev–Trinajstić information content (AvgIpc) is 2.77. The van der Waals surface area contributed by atoms with Gasteiger partial charge in [0.05, 0.1) is 0 Å². The number of nitrogens with one attached hydrogen (secondary N) is 1. The standard InChI is InChI=1S/C22H29FN6O/c1-16-6-7-18(15-19(16)23)24-22(30)28-13-11-27(12-14-28)20-8-9-21(26-25-20)29-10-4-3-5-17(29)2/h6-9,15,17H,3-5,10-14H2,1-2H3,(H,24,30). The Balaban J connectivity index is 1.31. The number of nitrogens with zero attached hydrogens (tertiary/aromatic N) is 5. The van der Waals surface area contributed by atoms with E-state index in [9.17, 15) is 9.18 Å². The van der Waals surface area contributed by atoms with Crippen molar-refractivity contribution in [2.45, 2.75) is 39.2 Å². The highest BCUT2D eigenvalue weighted by molar-refractivity contribution is 5.89. The molecular formula is C22H29FN6O. The Morgan fingerprint density at radius 3 is 2.43 bits per heavy atom. The molecule has 0 saturated carbocycles. The second-order valence-corrected chi connectivity index (χ2v) is 8.16. The first-order chi connectivity index (χ1) is 14.5. The van der Waals surface area contributed by atoms with Crippen molar-refractivity contribution >= 4 is 23.4 Å². The molecule has 1 aromatic carbocycles. The largest absolute Gasteiger partial charge is 0.352 e. The van der Waals surface area contributed by atoms with Gasteiger partial charge in [0.15, 0.2) is 11.6 Å². The van der Waals surface area contributed by atoms with Gasteiger partial charge in [0, 0.05) is 44.5 Å². The molecule has 1 unspecified atom stereocenters. The lowest BCUT2D eigenvalue weighted by Crippen LogP contribution is -2.50. The summed E-state index contributed by atoms with van der Waals surface area (Å²) in [5.41, 5.74) is 1.03. The normalized spacial score (nSPS) is 19.7. The Labute approximate surface area is 176 Å². The molecule has 0 radical (unpaired) electrons. The molecule has 2 fully saturated rings. The summed E-state index contributed by atoms with van der Waals surface area (Å²) < 4.78 is 13.7. The number of rotatable bonds is 3. The maximum Gasteiger partial charge on any atom is 0.321 e. The van der Waals surface area contributed by atoms with E-state index in [-0.39, 0.29) is 11.8 Å². The summed E-state index contributed by atoms with van der Waals surface area (Å²) in [6, 6.07) is 9.09. The number of hydrogen-bond acceptors (Lipinski definition) is 5. The van der Waals surface area contributed by atoms with Crippen molar-refractivity contribution in [3.8, 4) is 0 Å². The monoisotopic (exact) mass is 412 g/mol. The lowest BCUT2D eigenvalue weighted by atomic mass is 10.0. The second-order valence-electron chi connectivity index (χ2n) is 8.16. The first kappa shape index (κ1) is 20.4. The quantitative estimate of drug-likeness (QED) is 0.834. The van der Waals surface area contributed by atoms with Crippen LogP contribution < -0.4 is 15.1 Å². The molecule has 0 aliphatic carbocycles. The number of piperidine rings is 1. The maximum absolute atomic E-state index is 13.7. The van der Waals surface area contributed by atoms with Crippen LogP contribution in [0.25, 0.3) is 0 Å². The van der Waals surface area contributed by atoms with Crippen LogP contribution in [0, 0.1) is 12.7 Å². The number of benzene rings is 1. The predicted octanol–water partition coefficient (Wildman–Crippen LogP) is 3.66. The van der Waals surface area contributed by atoms with E-state index in [1.165, 1.54) is 25.3 Å². The van der Waals surface area contributed by atoms with Gasteiger partial charge in [-0.1, -0.05) is 6.07 Å². The molecule has 0 bridgehead atoms. The third-order valence-electron chi connectivity index (χ3n) is 6.05. The van der Waals surface area contributed by atoms with E-state index in [1.807, 2.05) is 6.07 Å². The Morgan fingerprint density at radius 1 is 1.03 bits per heavy atom. The molecule has 1 aromatic heterocycles. The van der Waals surface area contributed by atoms with E-state index in [2.05, 4.69) is 38.3 Å². The van der Waals surface area contributed by atoms with Gasteiger partial charge in [-0.05, 0) is 62.9 Å². The molecule has 7 nitrogen and oxygen atoms in total. The van der Waals surface area contributed by atoms with Gasteiger partial charge in [0.2, 0.25) is 0 Å². The molecule has 30 heavy (non-hydrogen) atoms. The topological polar surface area (TPSA) is 64.6 Å². The zero-order valence-corrected chi connectivity index (χ0v) is 17.6. The molecule has 2 aromatic rings. The van der Waals surface area contributed by atoms with Crippen LogP contribution in [-0.4, -0.2) is 59.9 Å². The fourth-order valence-electron chi connectivity index (χ4n) is 4.09. The summed E-state index contributed by atoms with van der Waals surface area (Å²) in [4.78, 5) is 18.7. The summed E-state index contributed by atoms with van der Waals surface area (Å²) in [5, 5.41) is 11.7. The number of carbonyl (C=O) groups is 1. The first-order valence-corrected chi connectivity index (χ1v) is 10.7. The lowest BCUT2D eigenvalue weighted by Gasteiger charge is -2.36. The van der Waals surface area contributed by atoms with E-state index >= 15 is 0 Å². The van der Waals surface area contributed by atoms with Crippen molar-refractivity contribution in [2.24, 2.45) is 0 Å². The minimum absolute atomic E-state index is 0.210. The molecule has 2 aliphatic rings. The van der Waals surface area contributed by atoms with Crippen LogP contribution in [-0.2, 0) is 0 Å². The van der Waals surface area contributed by atoms with Crippen LogP contribution >= 0.6 is 0 Å². The van der Waals surface area contributed by atoms with Crippen molar-refractivity contribution in [3.63, 3.8) is 0 Å². The van der Waals surface area contributed by atoms with Gasteiger partial charge in [0.25, 0.3) is 0 Å². The summed E-state index contributed by atoms with van der Waals surface area (Å²) in [5.74, 6) is 1.46. The van der Waals surface area contributed by atoms with Crippen LogP contribution in [0.2, 0.25) is 0 Å². The Bertz CT molecular complexity index is 882. The van der Waals surface area contributed by atoms with Crippen molar-refractivity contribution in [2.75, 3.05) is 47.8 Å². The van der Waals surface area contributed by atoms with Crippen molar-refractivity contribution in [1.82, 2.24) is 15.1 Å². The molecule has 1 N–H and O–H groups in total. The van der Waals surface area contributed by atoms with Crippen LogP contribution in [0.15, 0.2) is 30.3 Å². The molecule has 2 aliphatic heterocycles. The highest BCUT2D eigenvalue weighted by atomic mass is 19.1. The highest BCUT2D eigenvalue weighted by Crippen LogP contribution is 2.24. The molecule has 4 rings (SSSR count). The van der Waals surface area contributed by atoms with E-state index in [4.69, 9.17) is 0 Å². The Hall–Kier alpha value is -2.90. The highest BCUT2D eigenvalue weighted by Gasteiger charge is 2.24. The van der Waals surface area contributed by atoms with Gasteiger partial charge in [-0.2, -0.15) is 0 Å². The van der Waals surface area contributed by atoms with Crippen LogP contribution in [0.3, 0.4) is 0 Å². The van der Waals surface area contributed by atoms with E-state index in [1.54, 1.807) is 24.0 Å². The minimum Gasteiger partial charge on any atom is -0.352 e. The fourth-order valence-corrected chi connectivity index (χ4v) is 4.09. The lowest BCUT2D eigenvalue weighted by molar-refractivity contribution is 0.208. The second kappa shape index (κ2) is 8.85. The summed E-state index contributed by atoms with van der Waals surface area (Å²) >= 11 is 0. The molecule has 2 saturated heterocycles. The third kappa shape index (κ3) is 4.47. The molecule has 3 heterocycles. The Morgan fingerprint density at radius 2 is 1.77 bits per heavy atom. The van der Waals surface area contributed by atoms with Gasteiger partial charge in [-0.25, -0.2) is 9.18 Å². The predicted molar refractivity (Wildman–Crippen MR) is 117 cm³/mol. The number of carbonyl (C=O) groups excluding carboxylic acids is 1. The molecule has 1 atom stereocenters. The zero-order valence-electron chi connectivity index (χ0n) is 17.6. The number of aromatic nitrogens is 2. The smallest absolute Gasteiger partial charge is 0.321 e. The van der Waals surface area contributed by atoms with Gasteiger partial charge >= 0.3 is 6.03 Å². The third-order valence-corrected chi connectivity index (χ3v) is 6.05. The van der Waals surface area contributed by atoms with E-state index in [0.29, 0.717) is 43.5 Å². The van der Waals surface area contributed by atoms with Crippen molar-refractivity contribution in [1.29, 1.82) is 0 Å². The minimum atomic E-state index is -0.321. The molecule has 2 amide bonds. The van der Waals surface area contributed by atoms with Gasteiger partial charge in [-0.15, -0.1) is 10.2 Å². The Kier molecular flexibility index (Phi) is 6.01. The van der Waals surface area contributed by atoms with Crippen LogP contribution in [0.1, 0.15) is 31.7 Å². The molecular weight excluding hydrogens is 383 g/mol. The molecule has 8 heteroatoms. The van der Waals surface area contributed by atoms with Gasteiger partial charge in [0.1, 0.15) is 5.82 Å². The average molecular weight is 413 g/mol. The van der Waals surface area contributed by atoms with Crippen molar-refractivity contribution in [3.05, 3.63) is 41.7 Å². The van der Waals surface area contributed by atoms with E-state index < -0.39 is 0 Å². The number of piperazine rings is 1.